The Morgan fingerprint density at radius 3 is 1.83 bits per heavy atom. The fourth-order valence-electron chi connectivity index (χ4n) is 2.60. The van der Waals surface area contributed by atoms with Crippen molar-refractivity contribution in [2.24, 2.45) is 0 Å². The molecule has 0 saturated carbocycles. The lowest BCUT2D eigenvalue weighted by molar-refractivity contribution is -0.384. The average Bonchev–Trinajstić information content (AvgIpc) is 2.59. The van der Waals surface area contributed by atoms with Crippen LogP contribution in [0.2, 0.25) is 0 Å². The molecule has 5 heteroatoms. The van der Waals surface area contributed by atoms with Gasteiger partial charge in [0.1, 0.15) is 10.9 Å². The molecule has 0 atom stereocenters. The largest absolute Gasteiger partial charge is 0.269 e. The summed E-state index contributed by atoms with van der Waals surface area (Å²) in [5, 5.41) is 10.9. The summed E-state index contributed by atoms with van der Waals surface area (Å²) in [6, 6.07) is 23.8. The highest BCUT2D eigenvalue weighted by Gasteiger charge is 2.37. The molecule has 0 amide bonds. The van der Waals surface area contributed by atoms with Crippen molar-refractivity contribution in [1.29, 1.82) is 0 Å². The van der Waals surface area contributed by atoms with Crippen molar-refractivity contribution in [3.63, 3.8) is 0 Å². The fourth-order valence-corrected chi connectivity index (χ4v) is 6.34. The van der Waals surface area contributed by atoms with Crippen LogP contribution in [0.15, 0.2) is 97.3 Å². The molecule has 0 fully saturated rings. The molecule has 23 heavy (non-hydrogen) atoms. The van der Waals surface area contributed by atoms with Gasteiger partial charge in [-0.1, -0.05) is 36.0 Å². The molecule has 0 bridgehead atoms. The van der Waals surface area contributed by atoms with Crippen molar-refractivity contribution in [1.82, 2.24) is 0 Å². The van der Waals surface area contributed by atoms with Gasteiger partial charge in [-0.15, -0.1) is 0 Å². The second-order valence-electron chi connectivity index (χ2n) is 5.05. The van der Waals surface area contributed by atoms with E-state index in [9.17, 15) is 10.1 Å². The van der Waals surface area contributed by atoms with Gasteiger partial charge in [0.2, 0.25) is 0 Å². The highest BCUT2D eigenvalue weighted by atomic mass is 32.2. The Balaban J connectivity index is 1.89. The molecule has 1 aliphatic rings. The fraction of sp³-hybridized carbons (Fsp3) is 0. The van der Waals surface area contributed by atoms with Gasteiger partial charge in [0, 0.05) is 24.3 Å². The van der Waals surface area contributed by atoms with Crippen molar-refractivity contribution in [2.75, 3.05) is 0 Å². The predicted molar refractivity (Wildman–Crippen MR) is 92.3 cm³/mol. The molecule has 1 heterocycles. The van der Waals surface area contributed by atoms with E-state index in [0.717, 1.165) is 4.90 Å². The van der Waals surface area contributed by atoms with Gasteiger partial charge in [-0.3, -0.25) is 10.1 Å². The summed E-state index contributed by atoms with van der Waals surface area (Å²) >= 11 is 1.79. The molecule has 1 aliphatic heterocycles. The molecule has 0 aliphatic carbocycles. The number of nitro groups is 1. The number of hydrogen-bond acceptors (Lipinski definition) is 3. The van der Waals surface area contributed by atoms with Gasteiger partial charge in [0.25, 0.3) is 5.69 Å². The first kappa shape index (κ1) is 14.4. The minimum absolute atomic E-state index is 0.130. The predicted octanol–water partition coefficient (Wildman–Crippen LogP) is 5.15. The van der Waals surface area contributed by atoms with Crippen LogP contribution in [0, 0.1) is 10.1 Å². The maximum Gasteiger partial charge on any atom is 0.269 e. The number of benzene rings is 3. The number of non-ortho nitro benzene ring substituents is 1. The van der Waals surface area contributed by atoms with E-state index >= 15 is 0 Å². The molecule has 0 radical (unpaired) electrons. The van der Waals surface area contributed by atoms with E-state index < -0.39 is 0 Å². The molecular formula is C18H12NO2S2+. The average molecular weight is 338 g/mol. The van der Waals surface area contributed by atoms with Gasteiger partial charge in [-0.2, -0.15) is 0 Å². The molecule has 0 N–H and O–H groups in total. The normalized spacial score (nSPS) is 13.2. The third-order valence-electron chi connectivity index (χ3n) is 3.64. The van der Waals surface area contributed by atoms with Crippen LogP contribution in [-0.2, 0) is 10.9 Å². The van der Waals surface area contributed by atoms with Crippen LogP contribution in [0.4, 0.5) is 5.69 Å². The summed E-state index contributed by atoms with van der Waals surface area (Å²) in [5.74, 6) is 0. The van der Waals surface area contributed by atoms with Gasteiger partial charge >= 0.3 is 0 Å². The van der Waals surface area contributed by atoms with Crippen LogP contribution in [0.5, 0.6) is 0 Å². The van der Waals surface area contributed by atoms with Crippen LogP contribution in [0.25, 0.3) is 0 Å². The number of nitrogens with zero attached hydrogens (tertiary/aromatic N) is 1. The lowest BCUT2D eigenvalue weighted by Gasteiger charge is -2.18. The molecule has 4 rings (SSSR count). The van der Waals surface area contributed by atoms with E-state index in [-0.39, 0.29) is 21.5 Å². The number of hydrogen-bond donors (Lipinski definition) is 0. The summed E-state index contributed by atoms with van der Waals surface area (Å²) in [6.07, 6.45) is 0. The highest BCUT2D eigenvalue weighted by Crippen LogP contribution is 2.48. The molecule has 0 aromatic heterocycles. The van der Waals surface area contributed by atoms with Gasteiger partial charge in [0.15, 0.2) is 14.7 Å². The van der Waals surface area contributed by atoms with Crippen molar-refractivity contribution in [2.45, 2.75) is 24.5 Å². The van der Waals surface area contributed by atoms with Crippen molar-refractivity contribution in [3.8, 4) is 0 Å². The lowest BCUT2D eigenvalue weighted by atomic mass is 10.3. The van der Waals surface area contributed by atoms with E-state index in [4.69, 9.17) is 0 Å². The van der Waals surface area contributed by atoms with Gasteiger partial charge in [0.05, 0.1) is 14.7 Å². The van der Waals surface area contributed by atoms with Crippen LogP contribution in [0.3, 0.4) is 0 Å². The van der Waals surface area contributed by atoms with Crippen LogP contribution in [0.1, 0.15) is 0 Å². The van der Waals surface area contributed by atoms with Crippen molar-refractivity contribution in [3.05, 3.63) is 82.9 Å². The zero-order chi connectivity index (χ0) is 15.8. The Hall–Kier alpha value is -2.24. The van der Waals surface area contributed by atoms with Gasteiger partial charge in [-0.25, -0.2) is 0 Å². The topological polar surface area (TPSA) is 43.1 Å². The van der Waals surface area contributed by atoms with E-state index in [1.807, 2.05) is 12.1 Å². The molecule has 3 aromatic carbocycles. The first-order chi connectivity index (χ1) is 11.2. The summed E-state index contributed by atoms with van der Waals surface area (Å²) in [4.78, 5) is 16.7. The van der Waals surface area contributed by atoms with Crippen LogP contribution < -0.4 is 0 Å². The van der Waals surface area contributed by atoms with Crippen LogP contribution in [-0.4, -0.2) is 4.92 Å². The van der Waals surface area contributed by atoms with Crippen molar-refractivity contribution >= 4 is 28.3 Å². The zero-order valence-corrected chi connectivity index (χ0v) is 13.6. The molecule has 0 saturated heterocycles. The maximum atomic E-state index is 10.9. The summed E-state index contributed by atoms with van der Waals surface area (Å²) in [6.45, 7) is 0. The molecule has 112 valence electrons. The Labute approximate surface area is 140 Å². The molecule has 3 nitrogen and oxygen atoms in total. The van der Waals surface area contributed by atoms with E-state index in [0.29, 0.717) is 0 Å². The second kappa shape index (κ2) is 5.76. The monoisotopic (exact) mass is 338 g/mol. The molecule has 0 unspecified atom stereocenters. The zero-order valence-electron chi connectivity index (χ0n) is 12.0. The minimum atomic E-state index is -0.356. The van der Waals surface area contributed by atoms with E-state index in [2.05, 4.69) is 48.5 Å². The quantitative estimate of drug-likeness (QED) is 0.288. The molecule has 3 aromatic rings. The number of nitro benzene ring substituents is 1. The summed E-state index contributed by atoms with van der Waals surface area (Å²) in [5.41, 5.74) is 0.130. The first-order valence-corrected chi connectivity index (χ1v) is 9.13. The first-order valence-electron chi connectivity index (χ1n) is 7.09. The smallest absolute Gasteiger partial charge is 0.258 e. The van der Waals surface area contributed by atoms with E-state index in [1.54, 1.807) is 23.9 Å². The Bertz CT molecular complexity index is 848. The second-order valence-corrected chi connectivity index (χ2v) is 8.10. The van der Waals surface area contributed by atoms with Crippen LogP contribution >= 0.6 is 11.8 Å². The minimum Gasteiger partial charge on any atom is -0.258 e. The number of rotatable bonds is 2. The summed E-state index contributed by atoms with van der Waals surface area (Å²) < 4.78 is 0. The summed E-state index contributed by atoms with van der Waals surface area (Å²) in [7, 11) is -0.223. The SMILES string of the molecule is O=[N+]([O-])c1ccc([S+]2c3ccccc3Sc3ccccc32)cc1. The maximum absolute atomic E-state index is 10.9. The van der Waals surface area contributed by atoms with Gasteiger partial charge in [-0.05, 0) is 24.3 Å². The highest BCUT2D eigenvalue weighted by molar-refractivity contribution is 8.04. The standard InChI is InChI=1S/C18H12NO2S2/c20-19(21)13-9-11-14(12-10-13)23-17-7-3-1-5-15(17)22-16-6-2-4-8-18(16)23/h1-12H/q+1. The third-order valence-corrected chi connectivity index (χ3v) is 7.39. The lowest BCUT2D eigenvalue weighted by Crippen LogP contribution is -2.10. The molecule has 0 spiro atoms. The van der Waals surface area contributed by atoms with E-state index in [1.165, 1.54) is 19.6 Å². The Morgan fingerprint density at radius 1 is 0.783 bits per heavy atom. The molecular weight excluding hydrogens is 326 g/mol. The third kappa shape index (κ3) is 2.52. The Morgan fingerprint density at radius 2 is 1.30 bits per heavy atom. The Kier molecular flexibility index (Phi) is 3.59. The van der Waals surface area contributed by atoms with Crippen molar-refractivity contribution < 1.29 is 4.92 Å². The number of fused-ring (bicyclic) bond motifs is 2. The van der Waals surface area contributed by atoms with Gasteiger partial charge < -0.3 is 0 Å².